The number of nitrogens with zero attached hydrogens (tertiary/aromatic N) is 5. The lowest BCUT2D eigenvalue weighted by molar-refractivity contribution is -0.113. The van der Waals surface area contributed by atoms with Crippen LogP contribution in [0.2, 0.25) is 10.0 Å². The van der Waals surface area contributed by atoms with Gasteiger partial charge in [0.25, 0.3) is 5.91 Å². The molecule has 38 heavy (non-hydrogen) atoms. The largest absolute Gasteiger partial charge is 0.342 e. The van der Waals surface area contributed by atoms with Crippen molar-refractivity contribution in [1.29, 1.82) is 0 Å². The normalized spacial score (nSPS) is 11.9. The molecule has 2 N–H and O–H groups in total. The number of amides is 2. The number of rotatable bonds is 9. The van der Waals surface area contributed by atoms with Crippen LogP contribution in [0.4, 0.5) is 17.1 Å². The minimum atomic E-state index is -0.451. The lowest BCUT2D eigenvalue weighted by Gasteiger charge is -2.14. The highest BCUT2D eigenvalue weighted by molar-refractivity contribution is 7.99. The second-order valence-electron chi connectivity index (χ2n) is 8.14. The van der Waals surface area contributed by atoms with Gasteiger partial charge in [-0.2, -0.15) is 10.2 Å². The van der Waals surface area contributed by atoms with E-state index in [0.29, 0.717) is 32.9 Å². The topological polar surface area (TPSA) is 114 Å². The van der Waals surface area contributed by atoms with E-state index in [-0.39, 0.29) is 22.6 Å². The predicted molar refractivity (Wildman–Crippen MR) is 150 cm³/mol. The molecule has 1 aromatic heterocycles. The second kappa shape index (κ2) is 12.7. The van der Waals surface area contributed by atoms with Gasteiger partial charge in [-0.1, -0.05) is 53.2 Å². The Morgan fingerprint density at radius 1 is 0.974 bits per heavy atom. The van der Waals surface area contributed by atoms with Gasteiger partial charge in [-0.05, 0) is 61.5 Å². The minimum absolute atomic E-state index is 0.128. The van der Waals surface area contributed by atoms with Crippen molar-refractivity contribution < 1.29 is 9.59 Å². The molecule has 1 heterocycles. The molecule has 0 radical (unpaired) electrons. The summed E-state index contributed by atoms with van der Waals surface area (Å²) in [5, 5.41) is 23.7. The average molecular weight is 568 g/mol. The molecular formula is C26H23Cl2N7O2S. The summed E-state index contributed by atoms with van der Waals surface area (Å²) in [7, 11) is 1.77. The summed E-state index contributed by atoms with van der Waals surface area (Å²) >= 11 is 13.3. The number of halogens is 2. The number of thioether (sulfide) groups is 1. The zero-order chi connectivity index (χ0) is 27.1. The molecule has 2 amide bonds. The van der Waals surface area contributed by atoms with Gasteiger partial charge in [0, 0.05) is 17.8 Å². The van der Waals surface area contributed by atoms with E-state index in [0.717, 1.165) is 5.69 Å². The molecule has 0 saturated carbocycles. The van der Waals surface area contributed by atoms with Crippen molar-refractivity contribution >= 4 is 63.8 Å². The summed E-state index contributed by atoms with van der Waals surface area (Å²) in [6.45, 7) is 1.79. The number of aromatic nitrogens is 3. The van der Waals surface area contributed by atoms with Crippen LogP contribution >= 0.6 is 35.0 Å². The summed E-state index contributed by atoms with van der Waals surface area (Å²) < 4.78 is 1.74. The van der Waals surface area contributed by atoms with Crippen LogP contribution in [0, 0.1) is 0 Å². The van der Waals surface area contributed by atoms with Crippen molar-refractivity contribution in [2.75, 3.05) is 11.1 Å². The molecule has 0 unspecified atom stereocenters. The Balaban J connectivity index is 1.29. The summed E-state index contributed by atoms with van der Waals surface area (Å²) in [5.41, 5.74) is 2.39. The monoisotopic (exact) mass is 567 g/mol. The molecule has 194 valence electrons. The highest BCUT2D eigenvalue weighted by atomic mass is 35.5. The van der Waals surface area contributed by atoms with E-state index in [1.165, 1.54) is 17.8 Å². The Kier molecular flexibility index (Phi) is 9.11. The average Bonchev–Trinajstić information content (AvgIpc) is 3.27. The van der Waals surface area contributed by atoms with Crippen LogP contribution in [0.15, 0.2) is 88.2 Å². The van der Waals surface area contributed by atoms with E-state index in [1.54, 1.807) is 54.9 Å². The molecule has 0 aliphatic rings. The molecule has 1 atom stereocenters. The fourth-order valence-electron chi connectivity index (χ4n) is 3.39. The SMILES string of the molecule is C[C@H](NC(=O)c1ccc(Cl)cc1Cl)c1nnc(SCC(=O)Nc2ccc(N=Nc3ccccc3)cc2)n1C. The Morgan fingerprint density at radius 3 is 2.34 bits per heavy atom. The lowest BCUT2D eigenvalue weighted by atomic mass is 10.2. The van der Waals surface area contributed by atoms with E-state index in [1.807, 2.05) is 30.3 Å². The third kappa shape index (κ3) is 7.18. The Morgan fingerprint density at radius 2 is 1.66 bits per heavy atom. The van der Waals surface area contributed by atoms with Crippen molar-refractivity contribution in [1.82, 2.24) is 20.1 Å². The van der Waals surface area contributed by atoms with Gasteiger partial charge in [-0.25, -0.2) is 0 Å². The molecule has 0 spiro atoms. The summed E-state index contributed by atoms with van der Waals surface area (Å²) in [5.74, 6) is 0.106. The van der Waals surface area contributed by atoms with Crippen LogP contribution in [0.25, 0.3) is 0 Å². The minimum Gasteiger partial charge on any atom is -0.342 e. The predicted octanol–water partition coefficient (Wildman–Crippen LogP) is 6.76. The zero-order valence-corrected chi connectivity index (χ0v) is 22.8. The lowest BCUT2D eigenvalue weighted by Crippen LogP contribution is -2.28. The van der Waals surface area contributed by atoms with Crippen LogP contribution in [0.5, 0.6) is 0 Å². The number of nitrogens with one attached hydrogen (secondary N) is 2. The number of azo groups is 1. The van der Waals surface area contributed by atoms with Crippen molar-refractivity contribution in [3.8, 4) is 0 Å². The first-order valence-electron chi connectivity index (χ1n) is 11.4. The molecule has 4 rings (SSSR count). The van der Waals surface area contributed by atoms with Crippen LogP contribution in [-0.2, 0) is 11.8 Å². The van der Waals surface area contributed by atoms with Gasteiger partial charge in [0.05, 0.1) is 33.8 Å². The maximum absolute atomic E-state index is 12.6. The van der Waals surface area contributed by atoms with E-state index >= 15 is 0 Å². The van der Waals surface area contributed by atoms with Crippen LogP contribution in [0.1, 0.15) is 29.1 Å². The van der Waals surface area contributed by atoms with Crippen molar-refractivity contribution in [3.05, 3.63) is 94.2 Å². The molecular weight excluding hydrogens is 545 g/mol. The molecule has 0 bridgehead atoms. The maximum Gasteiger partial charge on any atom is 0.253 e. The van der Waals surface area contributed by atoms with E-state index < -0.39 is 6.04 Å². The first-order chi connectivity index (χ1) is 18.3. The van der Waals surface area contributed by atoms with Gasteiger partial charge in [0.1, 0.15) is 0 Å². The third-order valence-electron chi connectivity index (χ3n) is 5.30. The molecule has 0 aliphatic carbocycles. The van der Waals surface area contributed by atoms with Crippen LogP contribution < -0.4 is 10.6 Å². The van der Waals surface area contributed by atoms with Gasteiger partial charge in [0.2, 0.25) is 5.91 Å². The van der Waals surface area contributed by atoms with Crippen molar-refractivity contribution in [2.45, 2.75) is 18.1 Å². The fraction of sp³-hybridized carbons (Fsp3) is 0.154. The molecule has 0 aliphatic heterocycles. The second-order valence-corrected chi connectivity index (χ2v) is 9.92. The number of carbonyl (C=O) groups excluding carboxylic acids is 2. The van der Waals surface area contributed by atoms with Gasteiger partial charge in [0.15, 0.2) is 11.0 Å². The molecule has 0 saturated heterocycles. The number of benzene rings is 3. The quantitative estimate of drug-likeness (QED) is 0.171. The van der Waals surface area contributed by atoms with E-state index in [2.05, 4.69) is 31.1 Å². The van der Waals surface area contributed by atoms with Gasteiger partial charge in [-0.3, -0.25) is 9.59 Å². The van der Waals surface area contributed by atoms with Gasteiger partial charge < -0.3 is 15.2 Å². The molecule has 9 nitrogen and oxygen atoms in total. The number of hydrogen-bond donors (Lipinski definition) is 2. The number of anilines is 1. The number of hydrogen-bond acceptors (Lipinski definition) is 7. The molecule has 0 fully saturated rings. The first-order valence-corrected chi connectivity index (χ1v) is 13.2. The summed E-state index contributed by atoms with van der Waals surface area (Å²) in [6.07, 6.45) is 0. The summed E-state index contributed by atoms with van der Waals surface area (Å²) in [6, 6.07) is 20.7. The Bertz CT molecular complexity index is 1460. The highest BCUT2D eigenvalue weighted by Gasteiger charge is 2.20. The van der Waals surface area contributed by atoms with Crippen LogP contribution in [0.3, 0.4) is 0 Å². The van der Waals surface area contributed by atoms with Crippen molar-refractivity contribution in [2.24, 2.45) is 17.3 Å². The van der Waals surface area contributed by atoms with Gasteiger partial charge >= 0.3 is 0 Å². The van der Waals surface area contributed by atoms with Gasteiger partial charge in [-0.15, -0.1) is 10.2 Å². The smallest absolute Gasteiger partial charge is 0.253 e. The maximum atomic E-state index is 12.6. The fourth-order valence-corrected chi connectivity index (χ4v) is 4.60. The Labute approximate surface area is 233 Å². The molecule has 3 aromatic carbocycles. The molecule has 4 aromatic rings. The highest BCUT2D eigenvalue weighted by Crippen LogP contribution is 2.24. The van der Waals surface area contributed by atoms with E-state index in [9.17, 15) is 9.59 Å². The standard InChI is InChI=1S/C26H23Cl2N7O2S/c1-16(29-25(37)21-13-8-17(27)14-22(21)28)24-33-34-26(35(24)2)38-15-23(36)30-18-9-11-20(12-10-18)32-31-19-6-4-3-5-7-19/h3-14,16H,15H2,1-2H3,(H,29,37)(H,30,36)/t16-/m0/s1. The Hall–Kier alpha value is -3.73. The number of carbonyl (C=O) groups is 2. The molecule has 12 heteroatoms. The van der Waals surface area contributed by atoms with Crippen LogP contribution in [-0.4, -0.2) is 32.3 Å². The van der Waals surface area contributed by atoms with Crippen molar-refractivity contribution in [3.63, 3.8) is 0 Å². The summed E-state index contributed by atoms with van der Waals surface area (Å²) in [4.78, 5) is 25.1. The zero-order valence-electron chi connectivity index (χ0n) is 20.4. The third-order valence-corrected chi connectivity index (χ3v) is 6.87. The van der Waals surface area contributed by atoms with E-state index in [4.69, 9.17) is 23.2 Å². The first kappa shape index (κ1) is 27.3.